The van der Waals surface area contributed by atoms with Crippen LogP contribution in [0.2, 0.25) is 0 Å². The molecule has 0 aliphatic heterocycles. The Kier molecular flexibility index (Phi) is 3.15. The van der Waals surface area contributed by atoms with Crippen molar-refractivity contribution in [1.29, 1.82) is 0 Å². The predicted molar refractivity (Wildman–Crippen MR) is 60.6 cm³/mol. The van der Waals surface area contributed by atoms with Crippen LogP contribution in [0.15, 0.2) is 54.6 Å². The Labute approximate surface area is 90.3 Å². The van der Waals surface area contributed by atoms with Crippen LogP contribution in [0.5, 0.6) is 0 Å². The lowest BCUT2D eigenvalue weighted by Gasteiger charge is -2.15. The summed E-state index contributed by atoms with van der Waals surface area (Å²) in [5, 5.41) is 0. The van der Waals surface area contributed by atoms with E-state index in [1.807, 2.05) is 42.5 Å². The van der Waals surface area contributed by atoms with E-state index >= 15 is 0 Å². The lowest BCUT2D eigenvalue weighted by Crippen LogP contribution is -2.02. The summed E-state index contributed by atoms with van der Waals surface area (Å²) in [4.78, 5) is 0. The first kappa shape index (κ1) is 9.94. The fourth-order valence-corrected chi connectivity index (χ4v) is 1.67. The van der Waals surface area contributed by atoms with E-state index in [9.17, 15) is 0 Å². The molecule has 15 heavy (non-hydrogen) atoms. The van der Waals surface area contributed by atoms with E-state index in [-0.39, 0.29) is 6.10 Å². The van der Waals surface area contributed by atoms with E-state index in [1.165, 1.54) is 5.56 Å². The molecule has 0 amide bonds. The van der Waals surface area contributed by atoms with Crippen molar-refractivity contribution in [3.05, 3.63) is 71.8 Å². The van der Waals surface area contributed by atoms with Crippen molar-refractivity contribution in [2.45, 2.75) is 6.10 Å². The molecule has 0 spiro atoms. The van der Waals surface area contributed by atoms with E-state index in [0.717, 1.165) is 5.56 Å². The van der Waals surface area contributed by atoms with Gasteiger partial charge in [0.15, 0.2) is 0 Å². The van der Waals surface area contributed by atoms with Gasteiger partial charge < -0.3 is 4.74 Å². The molecule has 1 heteroatoms. The Hall–Kier alpha value is -1.60. The van der Waals surface area contributed by atoms with E-state index in [0.29, 0.717) is 0 Å². The van der Waals surface area contributed by atoms with Gasteiger partial charge in [0.1, 0.15) is 6.10 Å². The summed E-state index contributed by atoms with van der Waals surface area (Å²) in [5.41, 5.74) is 2.33. The van der Waals surface area contributed by atoms with Gasteiger partial charge in [-0.05, 0) is 17.2 Å². The summed E-state index contributed by atoms with van der Waals surface area (Å²) in [6.07, 6.45) is 0.0146. The largest absolute Gasteiger partial charge is 0.372 e. The molecule has 0 aromatic heterocycles. The minimum absolute atomic E-state index is 0.0146. The van der Waals surface area contributed by atoms with Crippen molar-refractivity contribution < 1.29 is 4.74 Å². The minimum Gasteiger partial charge on any atom is -0.372 e. The lowest BCUT2D eigenvalue weighted by atomic mass is 10.0. The zero-order valence-corrected chi connectivity index (χ0v) is 8.68. The average Bonchev–Trinajstić information content (AvgIpc) is 2.33. The first-order valence-electron chi connectivity index (χ1n) is 4.95. The molecule has 1 unspecified atom stereocenters. The maximum atomic E-state index is 5.51. The summed E-state index contributed by atoms with van der Waals surface area (Å²) < 4.78 is 5.51. The van der Waals surface area contributed by atoms with Crippen molar-refractivity contribution in [2.24, 2.45) is 0 Å². The second-order valence-electron chi connectivity index (χ2n) is 3.36. The molecular formula is C14H13O. The van der Waals surface area contributed by atoms with Gasteiger partial charge >= 0.3 is 0 Å². The van der Waals surface area contributed by atoms with Gasteiger partial charge in [-0.3, -0.25) is 0 Å². The second kappa shape index (κ2) is 4.76. The number of methoxy groups -OCH3 is 1. The summed E-state index contributed by atoms with van der Waals surface area (Å²) in [6, 6.07) is 21.1. The van der Waals surface area contributed by atoms with Gasteiger partial charge in [-0.15, -0.1) is 0 Å². The normalized spacial score (nSPS) is 10.5. The van der Waals surface area contributed by atoms with Crippen molar-refractivity contribution in [1.82, 2.24) is 0 Å². The molecule has 0 heterocycles. The van der Waals surface area contributed by atoms with E-state index in [2.05, 4.69) is 18.2 Å². The molecule has 0 N–H and O–H groups in total. The third-order valence-electron chi connectivity index (χ3n) is 2.38. The van der Waals surface area contributed by atoms with Gasteiger partial charge in [-0.25, -0.2) is 0 Å². The maximum absolute atomic E-state index is 5.51. The van der Waals surface area contributed by atoms with Crippen molar-refractivity contribution in [3.63, 3.8) is 0 Å². The van der Waals surface area contributed by atoms with Crippen LogP contribution < -0.4 is 0 Å². The maximum Gasteiger partial charge on any atom is 0.107 e. The van der Waals surface area contributed by atoms with Crippen LogP contribution in [0.3, 0.4) is 0 Å². The fourth-order valence-electron chi connectivity index (χ4n) is 1.67. The van der Waals surface area contributed by atoms with Crippen molar-refractivity contribution in [3.8, 4) is 0 Å². The first-order valence-corrected chi connectivity index (χ1v) is 4.95. The second-order valence-corrected chi connectivity index (χ2v) is 3.36. The smallest absolute Gasteiger partial charge is 0.107 e. The molecule has 0 aliphatic rings. The Bertz CT molecular complexity index is 355. The van der Waals surface area contributed by atoms with Gasteiger partial charge in [0, 0.05) is 7.11 Å². The highest BCUT2D eigenvalue weighted by Gasteiger charge is 2.11. The molecule has 2 aromatic carbocycles. The molecule has 2 rings (SSSR count). The Morgan fingerprint density at radius 3 is 2.13 bits per heavy atom. The third-order valence-corrected chi connectivity index (χ3v) is 2.38. The van der Waals surface area contributed by atoms with Gasteiger partial charge in [-0.2, -0.15) is 0 Å². The summed E-state index contributed by atoms with van der Waals surface area (Å²) in [6.45, 7) is 0. The lowest BCUT2D eigenvalue weighted by molar-refractivity contribution is 0.136. The highest BCUT2D eigenvalue weighted by atomic mass is 16.5. The quantitative estimate of drug-likeness (QED) is 0.734. The Morgan fingerprint density at radius 2 is 1.53 bits per heavy atom. The van der Waals surface area contributed by atoms with Crippen LogP contribution in [-0.4, -0.2) is 7.11 Å². The van der Waals surface area contributed by atoms with E-state index in [4.69, 9.17) is 4.74 Å². The predicted octanol–water partition coefficient (Wildman–Crippen LogP) is 3.22. The molecule has 0 fully saturated rings. The molecule has 2 aromatic rings. The third kappa shape index (κ3) is 2.25. The van der Waals surface area contributed by atoms with E-state index in [1.54, 1.807) is 7.11 Å². The molecule has 0 saturated heterocycles. The SMILES string of the molecule is COC(c1cc[c]cc1)c1ccccc1. The Balaban J connectivity index is 2.34. The molecule has 75 valence electrons. The average molecular weight is 197 g/mol. The first-order chi connectivity index (χ1) is 7.42. The number of benzene rings is 2. The van der Waals surface area contributed by atoms with Gasteiger partial charge in [0.05, 0.1) is 0 Å². The summed E-state index contributed by atoms with van der Waals surface area (Å²) in [7, 11) is 1.73. The fraction of sp³-hybridized carbons (Fsp3) is 0.143. The van der Waals surface area contributed by atoms with Crippen LogP contribution in [0.1, 0.15) is 17.2 Å². The van der Waals surface area contributed by atoms with Crippen LogP contribution in [0, 0.1) is 6.07 Å². The standard InChI is InChI=1S/C14H13O/c1-15-14(12-8-4-2-5-9-12)13-10-6-3-7-11-13/h2,4-11,14H,1H3. The molecule has 0 aliphatic carbocycles. The minimum atomic E-state index is 0.0146. The highest BCUT2D eigenvalue weighted by molar-refractivity contribution is 5.29. The summed E-state index contributed by atoms with van der Waals surface area (Å²) >= 11 is 0. The van der Waals surface area contributed by atoms with Crippen LogP contribution in [-0.2, 0) is 4.74 Å². The number of hydrogen-bond acceptors (Lipinski definition) is 1. The van der Waals surface area contributed by atoms with Crippen molar-refractivity contribution in [2.75, 3.05) is 7.11 Å². The molecule has 1 atom stereocenters. The summed E-state index contributed by atoms with van der Waals surface area (Å²) in [5.74, 6) is 0. The Morgan fingerprint density at radius 1 is 0.933 bits per heavy atom. The number of hydrogen-bond donors (Lipinski definition) is 0. The highest BCUT2D eigenvalue weighted by Crippen LogP contribution is 2.24. The number of ether oxygens (including phenoxy) is 1. The zero-order valence-electron chi connectivity index (χ0n) is 8.68. The van der Waals surface area contributed by atoms with Gasteiger partial charge in [0.2, 0.25) is 0 Å². The van der Waals surface area contributed by atoms with Crippen LogP contribution >= 0.6 is 0 Å². The number of rotatable bonds is 3. The monoisotopic (exact) mass is 197 g/mol. The zero-order chi connectivity index (χ0) is 10.5. The topological polar surface area (TPSA) is 9.23 Å². The molecule has 1 radical (unpaired) electrons. The molecule has 1 nitrogen and oxygen atoms in total. The van der Waals surface area contributed by atoms with E-state index < -0.39 is 0 Å². The van der Waals surface area contributed by atoms with Crippen LogP contribution in [0.4, 0.5) is 0 Å². The van der Waals surface area contributed by atoms with Crippen LogP contribution in [0.25, 0.3) is 0 Å². The molecule has 0 saturated carbocycles. The van der Waals surface area contributed by atoms with Gasteiger partial charge in [-0.1, -0.05) is 54.6 Å². The molecule has 0 bridgehead atoms. The molecular weight excluding hydrogens is 184 g/mol. The van der Waals surface area contributed by atoms with Crippen molar-refractivity contribution >= 4 is 0 Å². The van der Waals surface area contributed by atoms with Gasteiger partial charge in [0.25, 0.3) is 0 Å².